The lowest BCUT2D eigenvalue weighted by molar-refractivity contribution is -0.115. The van der Waals surface area contributed by atoms with Crippen LogP contribution in [0.2, 0.25) is 0 Å². The van der Waals surface area contributed by atoms with E-state index in [0.717, 1.165) is 17.2 Å². The van der Waals surface area contributed by atoms with Crippen LogP contribution in [0.4, 0.5) is 5.69 Å². The molecule has 0 heterocycles. The van der Waals surface area contributed by atoms with Gasteiger partial charge in [0.15, 0.2) is 0 Å². The van der Waals surface area contributed by atoms with Gasteiger partial charge in [-0.25, -0.2) is 0 Å². The highest BCUT2D eigenvalue weighted by atomic mass is 32.2. The minimum absolute atomic E-state index is 0.0181. The summed E-state index contributed by atoms with van der Waals surface area (Å²) < 4.78 is 5.11. The summed E-state index contributed by atoms with van der Waals surface area (Å²) in [6, 6.07) is 13.9. The summed E-state index contributed by atoms with van der Waals surface area (Å²) in [5.74, 6) is 1.63. The van der Waals surface area contributed by atoms with E-state index in [-0.39, 0.29) is 11.2 Å². The Morgan fingerprint density at radius 2 is 1.74 bits per heavy atom. The van der Waals surface area contributed by atoms with Gasteiger partial charge in [0.05, 0.1) is 12.4 Å². The van der Waals surface area contributed by atoms with Crippen LogP contribution < -0.4 is 10.1 Å². The van der Waals surface area contributed by atoms with Gasteiger partial charge in [-0.1, -0.05) is 29.3 Å². The van der Waals surface area contributed by atoms with E-state index in [2.05, 4.69) is 37.4 Å². The van der Waals surface area contributed by atoms with Crippen LogP contribution in [0.3, 0.4) is 0 Å². The van der Waals surface area contributed by atoms with E-state index in [1.165, 1.54) is 16.7 Å². The third kappa shape index (κ3) is 5.32. The summed E-state index contributed by atoms with van der Waals surface area (Å²) >= 11 is 1.65. The van der Waals surface area contributed by atoms with Gasteiger partial charge < -0.3 is 10.1 Å². The van der Waals surface area contributed by atoms with Crippen molar-refractivity contribution in [1.82, 2.24) is 0 Å². The van der Waals surface area contributed by atoms with E-state index in [4.69, 9.17) is 4.74 Å². The van der Waals surface area contributed by atoms with Crippen LogP contribution in [0.1, 0.15) is 23.6 Å². The fourth-order valence-corrected chi connectivity index (χ4v) is 3.19. The van der Waals surface area contributed by atoms with E-state index in [0.29, 0.717) is 0 Å². The van der Waals surface area contributed by atoms with Gasteiger partial charge >= 0.3 is 0 Å². The van der Waals surface area contributed by atoms with Gasteiger partial charge in [-0.15, -0.1) is 11.8 Å². The molecule has 2 aromatic rings. The molecule has 0 radical (unpaired) electrons. The highest BCUT2D eigenvalue weighted by molar-refractivity contribution is 7.99. The zero-order chi connectivity index (χ0) is 16.8. The van der Waals surface area contributed by atoms with Gasteiger partial charge in [0.25, 0.3) is 0 Å². The Morgan fingerprint density at radius 1 is 1.13 bits per heavy atom. The average Bonchev–Trinajstić information content (AvgIpc) is 2.52. The number of aryl methyl sites for hydroxylation is 2. The number of nitrogens with one attached hydrogen (secondary N) is 1. The lowest BCUT2D eigenvalue weighted by Gasteiger charge is -2.13. The van der Waals surface area contributed by atoms with Gasteiger partial charge in [0, 0.05) is 11.4 Å². The molecule has 0 spiro atoms. The first-order valence-corrected chi connectivity index (χ1v) is 8.66. The smallest absolute Gasteiger partial charge is 0.237 e. The van der Waals surface area contributed by atoms with Crippen molar-refractivity contribution >= 4 is 23.4 Å². The van der Waals surface area contributed by atoms with Crippen LogP contribution in [0.5, 0.6) is 5.75 Å². The summed E-state index contributed by atoms with van der Waals surface area (Å²) in [7, 11) is 1.62. The van der Waals surface area contributed by atoms with Gasteiger partial charge in [-0.2, -0.15) is 0 Å². The van der Waals surface area contributed by atoms with Crippen LogP contribution in [-0.4, -0.2) is 18.3 Å². The molecule has 0 saturated heterocycles. The van der Waals surface area contributed by atoms with Crippen LogP contribution in [0.25, 0.3) is 0 Å². The van der Waals surface area contributed by atoms with Crippen LogP contribution in [0, 0.1) is 13.8 Å². The fraction of sp³-hybridized carbons (Fsp3) is 0.316. The number of amides is 1. The second-order valence-electron chi connectivity index (χ2n) is 5.67. The van der Waals surface area contributed by atoms with Crippen molar-refractivity contribution < 1.29 is 9.53 Å². The third-order valence-electron chi connectivity index (χ3n) is 3.51. The molecule has 122 valence electrons. The zero-order valence-corrected chi connectivity index (χ0v) is 14.9. The number of hydrogen-bond acceptors (Lipinski definition) is 3. The van der Waals surface area contributed by atoms with Gasteiger partial charge in [0.1, 0.15) is 5.75 Å². The maximum atomic E-state index is 12.3. The largest absolute Gasteiger partial charge is 0.497 e. The van der Waals surface area contributed by atoms with Crippen LogP contribution >= 0.6 is 11.8 Å². The molecule has 2 aromatic carbocycles. The van der Waals surface area contributed by atoms with E-state index in [9.17, 15) is 4.79 Å². The summed E-state index contributed by atoms with van der Waals surface area (Å²) in [6.07, 6.45) is 0. The molecule has 23 heavy (non-hydrogen) atoms. The summed E-state index contributed by atoms with van der Waals surface area (Å²) in [5, 5.41) is 2.82. The van der Waals surface area contributed by atoms with E-state index < -0.39 is 0 Å². The number of thioether (sulfide) groups is 1. The normalized spacial score (nSPS) is 11.8. The van der Waals surface area contributed by atoms with E-state index >= 15 is 0 Å². The van der Waals surface area contributed by atoms with Crippen LogP contribution in [0.15, 0.2) is 42.5 Å². The Hall–Kier alpha value is -1.94. The van der Waals surface area contributed by atoms with E-state index in [1.807, 2.05) is 31.2 Å². The summed E-state index contributed by atoms with van der Waals surface area (Å²) in [6.45, 7) is 6.13. The lowest BCUT2D eigenvalue weighted by atomic mass is 10.1. The van der Waals surface area contributed by atoms with Crippen LogP contribution in [-0.2, 0) is 10.5 Å². The minimum Gasteiger partial charge on any atom is -0.497 e. The zero-order valence-electron chi connectivity index (χ0n) is 14.1. The first kappa shape index (κ1) is 17.4. The number of hydrogen-bond donors (Lipinski definition) is 1. The monoisotopic (exact) mass is 329 g/mol. The van der Waals surface area contributed by atoms with Crippen molar-refractivity contribution in [3.8, 4) is 5.75 Å². The molecule has 0 aromatic heterocycles. The lowest BCUT2D eigenvalue weighted by Crippen LogP contribution is -2.22. The molecule has 1 unspecified atom stereocenters. The predicted octanol–water partition coefficient (Wildman–Crippen LogP) is 4.57. The minimum atomic E-state index is -0.113. The van der Waals surface area contributed by atoms with Crippen molar-refractivity contribution in [3.63, 3.8) is 0 Å². The predicted molar refractivity (Wildman–Crippen MR) is 98.3 cm³/mol. The molecule has 3 nitrogen and oxygen atoms in total. The highest BCUT2D eigenvalue weighted by Gasteiger charge is 2.14. The molecule has 0 aliphatic rings. The first-order valence-electron chi connectivity index (χ1n) is 7.61. The average molecular weight is 329 g/mol. The number of carbonyl (C=O) groups is 1. The van der Waals surface area contributed by atoms with Gasteiger partial charge in [-0.3, -0.25) is 4.79 Å². The maximum Gasteiger partial charge on any atom is 0.237 e. The fourth-order valence-electron chi connectivity index (χ4n) is 2.37. The molecule has 0 fully saturated rings. The highest BCUT2D eigenvalue weighted by Crippen LogP contribution is 2.22. The Kier molecular flexibility index (Phi) is 6.11. The number of rotatable bonds is 6. The molecule has 1 amide bonds. The quantitative estimate of drug-likeness (QED) is 0.843. The Labute approximate surface area is 142 Å². The van der Waals surface area contributed by atoms with Gasteiger partial charge in [-0.05, 0) is 50.6 Å². The Balaban J connectivity index is 1.89. The SMILES string of the molecule is COc1ccc(NC(=O)C(C)SCc2cc(C)cc(C)c2)cc1. The number of anilines is 1. The second-order valence-corrected chi connectivity index (χ2v) is 7.00. The molecule has 0 aliphatic heterocycles. The first-order chi connectivity index (χ1) is 11.0. The molecule has 0 bridgehead atoms. The molecule has 1 N–H and O–H groups in total. The number of benzene rings is 2. The van der Waals surface area contributed by atoms with Crippen molar-refractivity contribution in [2.45, 2.75) is 31.8 Å². The number of ether oxygens (including phenoxy) is 1. The molecule has 4 heteroatoms. The summed E-state index contributed by atoms with van der Waals surface area (Å²) in [5.41, 5.74) is 4.57. The van der Waals surface area contributed by atoms with E-state index in [1.54, 1.807) is 18.9 Å². The van der Waals surface area contributed by atoms with Crippen molar-refractivity contribution in [3.05, 3.63) is 59.2 Å². The Bertz CT molecular complexity index is 647. The standard InChI is InChI=1S/C19H23NO2S/c1-13-9-14(2)11-16(10-13)12-23-15(3)19(21)20-17-5-7-18(22-4)8-6-17/h5-11,15H,12H2,1-4H3,(H,20,21). The number of methoxy groups -OCH3 is 1. The molecule has 0 aliphatic carbocycles. The number of carbonyl (C=O) groups excluding carboxylic acids is 1. The summed E-state index contributed by atoms with van der Waals surface area (Å²) in [4.78, 5) is 12.3. The molecule has 1 atom stereocenters. The van der Waals surface area contributed by atoms with Crippen molar-refractivity contribution in [1.29, 1.82) is 0 Å². The molecular formula is C19H23NO2S. The van der Waals surface area contributed by atoms with Gasteiger partial charge in [0.2, 0.25) is 5.91 Å². The Morgan fingerprint density at radius 3 is 2.30 bits per heavy atom. The maximum absolute atomic E-state index is 12.3. The third-order valence-corrected chi connectivity index (χ3v) is 4.72. The topological polar surface area (TPSA) is 38.3 Å². The van der Waals surface area contributed by atoms with Crippen molar-refractivity contribution in [2.24, 2.45) is 0 Å². The molecule has 2 rings (SSSR count). The second kappa shape index (κ2) is 8.06. The molecular weight excluding hydrogens is 306 g/mol. The molecule has 0 saturated carbocycles. The van der Waals surface area contributed by atoms with Crippen molar-refractivity contribution in [2.75, 3.05) is 12.4 Å².